The predicted molar refractivity (Wildman–Crippen MR) is 71.8 cm³/mol. The van der Waals surface area contributed by atoms with Gasteiger partial charge in [-0.1, -0.05) is 12.1 Å². The lowest BCUT2D eigenvalue weighted by molar-refractivity contribution is -0.131. The minimum Gasteiger partial charge on any atom is -0.508 e. The third kappa shape index (κ3) is 3.45. The van der Waals surface area contributed by atoms with E-state index in [4.69, 9.17) is 10.5 Å². The largest absolute Gasteiger partial charge is 0.508 e. The first kappa shape index (κ1) is 13.8. The number of phenols is 1. The van der Waals surface area contributed by atoms with Crippen LogP contribution in [0.3, 0.4) is 0 Å². The molecule has 1 amide bonds. The van der Waals surface area contributed by atoms with Crippen molar-refractivity contribution in [1.29, 1.82) is 0 Å². The number of carbonyl (C=O) groups excluding carboxylic acids is 1. The molecule has 2 atom stereocenters. The van der Waals surface area contributed by atoms with Crippen LogP contribution in [0, 0.1) is 0 Å². The molecule has 0 aromatic heterocycles. The summed E-state index contributed by atoms with van der Waals surface area (Å²) in [5.41, 5.74) is 6.90. The highest BCUT2D eigenvalue weighted by Crippen LogP contribution is 2.15. The number of ether oxygens (including phenoxy) is 1. The predicted octanol–water partition coefficient (Wildman–Crippen LogP) is 0.509. The Balaban J connectivity index is 1.91. The molecule has 0 saturated carbocycles. The molecule has 0 spiro atoms. The molecular formula is C14H20N2O3. The highest BCUT2D eigenvalue weighted by atomic mass is 16.5. The number of amides is 1. The summed E-state index contributed by atoms with van der Waals surface area (Å²) in [7, 11) is 1.66. The maximum absolute atomic E-state index is 12.2. The van der Waals surface area contributed by atoms with Crippen molar-refractivity contribution in [2.24, 2.45) is 5.73 Å². The van der Waals surface area contributed by atoms with Gasteiger partial charge in [-0.2, -0.15) is 0 Å². The van der Waals surface area contributed by atoms with Gasteiger partial charge in [0.2, 0.25) is 5.91 Å². The van der Waals surface area contributed by atoms with Gasteiger partial charge in [-0.3, -0.25) is 4.79 Å². The molecule has 1 aromatic rings. The second-order valence-electron chi connectivity index (χ2n) is 4.91. The first-order valence-electron chi connectivity index (χ1n) is 6.45. The number of rotatable bonds is 4. The zero-order valence-electron chi connectivity index (χ0n) is 11.1. The molecule has 3 N–H and O–H groups in total. The molecule has 19 heavy (non-hydrogen) atoms. The highest BCUT2D eigenvalue weighted by Gasteiger charge is 2.29. The quantitative estimate of drug-likeness (QED) is 0.831. The van der Waals surface area contributed by atoms with Crippen molar-refractivity contribution in [1.82, 2.24) is 4.90 Å². The summed E-state index contributed by atoms with van der Waals surface area (Å²) in [6.07, 6.45) is 1.48. The average Bonchev–Trinajstić information content (AvgIpc) is 2.89. The topological polar surface area (TPSA) is 75.8 Å². The number of aromatic hydroxyl groups is 1. The number of methoxy groups -OCH3 is 1. The number of hydrogen-bond acceptors (Lipinski definition) is 4. The van der Waals surface area contributed by atoms with E-state index in [1.807, 2.05) is 0 Å². The molecule has 104 valence electrons. The SMILES string of the molecule is COC1CCN(C(=O)[C@@H](N)Cc2ccc(O)cc2)C1. The van der Waals surface area contributed by atoms with Crippen LogP contribution in [0.4, 0.5) is 0 Å². The summed E-state index contributed by atoms with van der Waals surface area (Å²) in [6.45, 7) is 1.33. The zero-order chi connectivity index (χ0) is 13.8. The van der Waals surface area contributed by atoms with Crippen LogP contribution in [0.15, 0.2) is 24.3 Å². The van der Waals surface area contributed by atoms with Gasteiger partial charge in [0.05, 0.1) is 12.1 Å². The van der Waals surface area contributed by atoms with E-state index in [0.29, 0.717) is 19.5 Å². The molecular weight excluding hydrogens is 244 g/mol. The Bertz CT molecular complexity index is 433. The molecule has 5 nitrogen and oxygen atoms in total. The maximum Gasteiger partial charge on any atom is 0.239 e. The van der Waals surface area contributed by atoms with Crippen LogP contribution in [0.2, 0.25) is 0 Å². The lowest BCUT2D eigenvalue weighted by atomic mass is 10.1. The van der Waals surface area contributed by atoms with Crippen LogP contribution in [-0.2, 0) is 16.0 Å². The lowest BCUT2D eigenvalue weighted by Gasteiger charge is -2.20. The fourth-order valence-electron chi connectivity index (χ4n) is 2.33. The smallest absolute Gasteiger partial charge is 0.239 e. The molecule has 1 aromatic carbocycles. The average molecular weight is 264 g/mol. The third-order valence-electron chi connectivity index (χ3n) is 3.50. The molecule has 1 heterocycles. The summed E-state index contributed by atoms with van der Waals surface area (Å²) < 4.78 is 5.24. The van der Waals surface area contributed by atoms with Gasteiger partial charge < -0.3 is 20.5 Å². The molecule has 5 heteroatoms. The number of nitrogens with zero attached hydrogens (tertiary/aromatic N) is 1. The van der Waals surface area contributed by atoms with Crippen molar-refractivity contribution in [3.63, 3.8) is 0 Å². The van der Waals surface area contributed by atoms with E-state index in [1.54, 1.807) is 36.3 Å². The number of nitrogens with two attached hydrogens (primary N) is 1. The Hall–Kier alpha value is -1.59. The van der Waals surface area contributed by atoms with E-state index in [1.165, 1.54) is 0 Å². The van der Waals surface area contributed by atoms with E-state index in [9.17, 15) is 9.90 Å². The van der Waals surface area contributed by atoms with Crippen molar-refractivity contribution in [3.05, 3.63) is 29.8 Å². The fourth-order valence-corrected chi connectivity index (χ4v) is 2.33. The molecule has 1 saturated heterocycles. The third-order valence-corrected chi connectivity index (χ3v) is 3.50. The van der Waals surface area contributed by atoms with E-state index >= 15 is 0 Å². The lowest BCUT2D eigenvalue weighted by Crippen LogP contribution is -2.44. The van der Waals surface area contributed by atoms with Crippen LogP contribution in [-0.4, -0.2) is 48.3 Å². The molecule has 0 aliphatic carbocycles. The first-order valence-corrected chi connectivity index (χ1v) is 6.45. The van der Waals surface area contributed by atoms with Crippen molar-refractivity contribution in [2.75, 3.05) is 20.2 Å². The number of hydrogen-bond donors (Lipinski definition) is 2. The van der Waals surface area contributed by atoms with E-state index < -0.39 is 6.04 Å². The molecule has 0 bridgehead atoms. The fraction of sp³-hybridized carbons (Fsp3) is 0.500. The number of carbonyl (C=O) groups is 1. The summed E-state index contributed by atoms with van der Waals surface area (Å²) in [5, 5.41) is 9.21. The van der Waals surface area contributed by atoms with Crippen LogP contribution < -0.4 is 5.73 Å². The molecule has 2 rings (SSSR count). The molecule has 1 fully saturated rings. The number of phenolic OH excluding ortho intramolecular Hbond substituents is 1. The highest BCUT2D eigenvalue weighted by molar-refractivity contribution is 5.82. The summed E-state index contributed by atoms with van der Waals surface area (Å²) in [6, 6.07) is 6.22. The Labute approximate surface area is 113 Å². The van der Waals surface area contributed by atoms with Gasteiger partial charge in [-0.15, -0.1) is 0 Å². The zero-order valence-corrected chi connectivity index (χ0v) is 11.1. The van der Waals surface area contributed by atoms with Crippen molar-refractivity contribution in [2.45, 2.75) is 25.0 Å². The molecule has 1 aliphatic rings. The van der Waals surface area contributed by atoms with Crippen molar-refractivity contribution >= 4 is 5.91 Å². The van der Waals surface area contributed by atoms with Gasteiger partial charge in [0.15, 0.2) is 0 Å². The Morgan fingerprint density at radius 1 is 1.53 bits per heavy atom. The number of likely N-dealkylation sites (tertiary alicyclic amines) is 1. The van der Waals surface area contributed by atoms with Gasteiger partial charge in [-0.25, -0.2) is 0 Å². The Morgan fingerprint density at radius 2 is 2.21 bits per heavy atom. The van der Waals surface area contributed by atoms with Gasteiger partial charge >= 0.3 is 0 Å². The first-order chi connectivity index (χ1) is 9.10. The van der Waals surface area contributed by atoms with E-state index in [-0.39, 0.29) is 17.8 Å². The van der Waals surface area contributed by atoms with Crippen molar-refractivity contribution < 1.29 is 14.6 Å². The van der Waals surface area contributed by atoms with E-state index in [0.717, 1.165) is 12.0 Å². The van der Waals surface area contributed by atoms with Crippen LogP contribution in [0.1, 0.15) is 12.0 Å². The molecule has 1 unspecified atom stereocenters. The minimum absolute atomic E-state index is 0.0346. The van der Waals surface area contributed by atoms with Crippen molar-refractivity contribution in [3.8, 4) is 5.75 Å². The maximum atomic E-state index is 12.2. The minimum atomic E-state index is -0.542. The summed E-state index contributed by atoms with van der Waals surface area (Å²) in [5.74, 6) is 0.179. The van der Waals surface area contributed by atoms with Crippen LogP contribution in [0.5, 0.6) is 5.75 Å². The van der Waals surface area contributed by atoms with Gasteiger partial charge in [0.25, 0.3) is 0 Å². The Morgan fingerprint density at radius 3 is 2.79 bits per heavy atom. The molecule has 1 aliphatic heterocycles. The van der Waals surface area contributed by atoms with Crippen LogP contribution >= 0.6 is 0 Å². The summed E-state index contributed by atoms with van der Waals surface area (Å²) >= 11 is 0. The summed E-state index contributed by atoms with van der Waals surface area (Å²) in [4.78, 5) is 13.9. The normalized spacial score (nSPS) is 20.5. The van der Waals surface area contributed by atoms with Crippen LogP contribution in [0.25, 0.3) is 0 Å². The van der Waals surface area contributed by atoms with E-state index in [2.05, 4.69) is 0 Å². The van der Waals surface area contributed by atoms with Gasteiger partial charge in [-0.05, 0) is 30.5 Å². The standard InChI is InChI=1S/C14H20N2O3/c1-19-12-6-7-16(9-12)14(18)13(15)8-10-2-4-11(17)5-3-10/h2-5,12-13,17H,6-9,15H2,1H3/t12?,13-/m0/s1. The second-order valence-corrected chi connectivity index (χ2v) is 4.91. The van der Waals surface area contributed by atoms with Gasteiger partial charge in [0, 0.05) is 20.2 Å². The number of benzene rings is 1. The Kier molecular flexibility index (Phi) is 4.39. The molecule has 0 radical (unpaired) electrons. The second kappa shape index (κ2) is 6.04. The van der Waals surface area contributed by atoms with Gasteiger partial charge in [0.1, 0.15) is 5.75 Å². The monoisotopic (exact) mass is 264 g/mol.